The molecule has 1 atom stereocenters. The lowest BCUT2D eigenvalue weighted by Gasteiger charge is -2.20. The second-order valence-corrected chi connectivity index (χ2v) is 9.68. The van der Waals surface area contributed by atoms with Gasteiger partial charge in [0.2, 0.25) is 10.0 Å². The first-order valence-electron chi connectivity index (χ1n) is 10.2. The molecular weight excluding hydrogens is 424 g/mol. The molecule has 162 valence electrons. The fourth-order valence-corrected chi connectivity index (χ4v) is 5.09. The minimum atomic E-state index is -3.51. The molecule has 30 heavy (non-hydrogen) atoms. The Morgan fingerprint density at radius 3 is 2.37 bits per heavy atom. The van der Waals surface area contributed by atoms with Gasteiger partial charge < -0.3 is 10.1 Å². The van der Waals surface area contributed by atoms with E-state index in [1.165, 1.54) is 12.1 Å². The molecule has 6 nitrogen and oxygen atoms in total. The Labute approximate surface area is 183 Å². The number of amides is 1. The van der Waals surface area contributed by atoms with Crippen LogP contribution in [0.4, 0.5) is 5.69 Å². The number of hydrogen-bond donors (Lipinski definition) is 1. The smallest absolute Gasteiger partial charge is 0.265 e. The minimum Gasteiger partial charge on any atom is -0.481 e. The van der Waals surface area contributed by atoms with Crippen LogP contribution in [0.1, 0.15) is 39.0 Å². The molecule has 1 saturated heterocycles. The number of nitrogens with one attached hydrogen (secondary N) is 1. The molecule has 2 aromatic carbocycles. The maximum absolute atomic E-state index is 12.9. The minimum absolute atomic E-state index is 0.240. The van der Waals surface area contributed by atoms with Crippen molar-refractivity contribution in [3.8, 4) is 5.75 Å². The predicted octanol–water partition coefficient (Wildman–Crippen LogP) is 4.70. The van der Waals surface area contributed by atoms with E-state index in [-0.39, 0.29) is 10.8 Å². The van der Waals surface area contributed by atoms with Crippen LogP contribution in [-0.2, 0) is 14.8 Å². The molecule has 1 aliphatic rings. The zero-order valence-electron chi connectivity index (χ0n) is 17.0. The summed E-state index contributed by atoms with van der Waals surface area (Å²) in [4.78, 5) is 12.8. The number of carbonyl (C=O) groups excluding carboxylic acids is 1. The number of nitrogens with zero attached hydrogens (tertiary/aromatic N) is 1. The summed E-state index contributed by atoms with van der Waals surface area (Å²) in [6, 6.07) is 13.2. The first kappa shape index (κ1) is 22.6. The molecule has 2 aromatic rings. The van der Waals surface area contributed by atoms with E-state index in [9.17, 15) is 13.2 Å². The van der Waals surface area contributed by atoms with E-state index in [1.54, 1.807) is 40.7 Å². The summed E-state index contributed by atoms with van der Waals surface area (Å²) >= 11 is 5.96. The number of benzene rings is 2. The lowest BCUT2D eigenvalue weighted by atomic mass is 10.2. The number of rotatable bonds is 7. The topological polar surface area (TPSA) is 75.7 Å². The molecule has 1 amide bonds. The van der Waals surface area contributed by atoms with Crippen LogP contribution < -0.4 is 10.1 Å². The van der Waals surface area contributed by atoms with Crippen LogP contribution in [0.5, 0.6) is 5.75 Å². The van der Waals surface area contributed by atoms with Gasteiger partial charge in [0.25, 0.3) is 5.91 Å². The highest BCUT2D eigenvalue weighted by atomic mass is 35.5. The number of sulfonamides is 1. The molecule has 8 heteroatoms. The van der Waals surface area contributed by atoms with Crippen molar-refractivity contribution in [2.24, 2.45) is 0 Å². The largest absolute Gasteiger partial charge is 0.481 e. The van der Waals surface area contributed by atoms with Gasteiger partial charge in [0, 0.05) is 23.8 Å². The van der Waals surface area contributed by atoms with Gasteiger partial charge in [0.15, 0.2) is 6.10 Å². The van der Waals surface area contributed by atoms with E-state index >= 15 is 0 Å². The molecule has 0 unspecified atom stereocenters. The lowest BCUT2D eigenvalue weighted by molar-refractivity contribution is -0.122. The van der Waals surface area contributed by atoms with Crippen molar-refractivity contribution in [3.05, 3.63) is 53.6 Å². The Morgan fingerprint density at radius 1 is 1.10 bits per heavy atom. The van der Waals surface area contributed by atoms with Gasteiger partial charge in [-0.25, -0.2) is 8.42 Å². The zero-order chi connectivity index (χ0) is 21.6. The molecule has 0 aliphatic carbocycles. The Morgan fingerprint density at radius 2 is 1.77 bits per heavy atom. The molecule has 1 fully saturated rings. The standard InChI is InChI=1S/C22H27ClN2O4S/c1-2-21(29-19-9-7-8-17(23)16-19)22(26)24-18-10-12-20(13-11-18)30(27,28)25-14-5-3-4-6-15-25/h7-13,16,21H,2-6,14-15H2,1H3,(H,24,26)/t21-/m1/s1. The van der Waals surface area contributed by atoms with Crippen molar-refractivity contribution in [1.82, 2.24) is 4.31 Å². The molecule has 1 aliphatic heterocycles. The van der Waals surface area contributed by atoms with Crippen molar-refractivity contribution in [1.29, 1.82) is 0 Å². The van der Waals surface area contributed by atoms with E-state index in [2.05, 4.69) is 5.32 Å². The zero-order valence-corrected chi connectivity index (χ0v) is 18.6. The highest BCUT2D eigenvalue weighted by Gasteiger charge is 2.25. The van der Waals surface area contributed by atoms with E-state index in [0.717, 1.165) is 25.7 Å². The number of hydrogen-bond acceptors (Lipinski definition) is 4. The number of ether oxygens (including phenoxy) is 1. The monoisotopic (exact) mass is 450 g/mol. The van der Waals surface area contributed by atoms with Gasteiger partial charge in [0.05, 0.1) is 4.90 Å². The fourth-order valence-electron chi connectivity index (χ4n) is 3.39. The quantitative estimate of drug-likeness (QED) is 0.663. The van der Waals surface area contributed by atoms with Crippen molar-refractivity contribution < 1.29 is 17.9 Å². The Bertz CT molecular complexity index is 955. The van der Waals surface area contributed by atoms with Crippen molar-refractivity contribution in [3.63, 3.8) is 0 Å². The van der Waals surface area contributed by atoms with Gasteiger partial charge in [-0.2, -0.15) is 4.31 Å². The highest BCUT2D eigenvalue weighted by Crippen LogP contribution is 2.23. The van der Waals surface area contributed by atoms with Gasteiger partial charge in [-0.05, 0) is 61.7 Å². The second kappa shape index (κ2) is 10.3. The van der Waals surface area contributed by atoms with E-state index in [0.29, 0.717) is 36.0 Å². The van der Waals surface area contributed by atoms with E-state index < -0.39 is 16.1 Å². The molecule has 0 spiro atoms. The average molecular weight is 451 g/mol. The van der Waals surface area contributed by atoms with Crippen molar-refractivity contribution in [2.45, 2.75) is 50.0 Å². The maximum atomic E-state index is 12.9. The summed E-state index contributed by atoms with van der Waals surface area (Å²) in [5, 5.41) is 3.32. The summed E-state index contributed by atoms with van der Waals surface area (Å²) < 4.78 is 33.0. The molecular formula is C22H27ClN2O4S. The summed E-state index contributed by atoms with van der Waals surface area (Å²) in [6.45, 7) is 2.96. The number of carbonyl (C=O) groups is 1. The van der Waals surface area contributed by atoms with Gasteiger partial charge in [-0.3, -0.25) is 4.79 Å². The average Bonchev–Trinajstić information content (AvgIpc) is 3.02. The van der Waals surface area contributed by atoms with Crippen LogP contribution in [0.15, 0.2) is 53.4 Å². The maximum Gasteiger partial charge on any atom is 0.265 e. The Kier molecular flexibility index (Phi) is 7.75. The predicted molar refractivity (Wildman–Crippen MR) is 118 cm³/mol. The van der Waals surface area contributed by atoms with E-state index in [4.69, 9.17) is 16.3 Å². The first-order chi connectivity index (χ1) is 14.4. The van der Waals surface area contributed by atoms with Gasteiger partial charge in [0.1, 0.15) is 5.75 Å². The van der Waals surface area contributed by atoms with E-state index in [1.807, 2.05) is 6.92 Å². The van der Waals surface area contributed by atoms with Gasteiger partial charge in [-0.15, -0.1) is 0 Å². The molecule has 0 bridgehead atoms. The summed E-state index contributed by atoms with van der Waals surface area (Å²) in [6.07, 6.45) is 3.68. The van der Waals surface area contributed by atoms with Gasteiger partial charge >= 0.3 is 0 Å². The molecule has 1 N–H and O–H groups in total. The van der Waals surface area contributed by atoms with Crippen LogP contribution in [0.25, 0.3) is 0 Å². The van der Waals surface area contributed by atoms with Crippen LogP contribution in [-0.4, -0.2) is 37.8 Å². The van der Waals surface area contributed by atoms with Crippen LogP contribution in [0.3, 0.4) is 0 Å². The molecule has 1 heterocycles. The van der Waals surface area contributed by atoms with Gasteiger partial charge in [-0.1, -0.05) is 37.4 Å². The van der Waals surface area contributed by atoms with Crippen LogP contribution >= 0.6 is 11.6 Å². The third-order valence-corrected chi connectivity index (χ3v) is 7.21. The third-order valence-electron chi connectivity index (χ3n) is 5.06. The Hall–Kier alpha value is -2.09. The number of anilines is 1. The second-order valence-electron chi connectivity index (χ2n) is 7.30. The molecule has 0 radical (unpaired) electrons. The fraction of sp³-hybridized carbons (Fsp3) is 0.409. The number of halogens is 1. The summed E-state index contributed by atoms with van der Waals surface area (Å²) in [7, 11) is -3.51. The summed E-state index contributed by atoms with van der Waals surface area (Å²) in [5.74, 6) is 0.212. The summed E-state index contributed by atoms with van der Waals surface area (Å²) in [5.41, 5.74) is 0.517. The van der Waals surface area contributed by atoms with Crippen molar-refractivity contribution in [2.75, 3.05) is 18.4 Å². The highest BCUT2D eigenvalue weighted by molar-refractivity contribution is 7.89. The normalized spacial score (nSPS) is 16.5. The molecule has 3 rings (SSSR count). The Balaban J connectivity index is 1.66. The molecule has 0 aromatic heterocycles. The van der Waals surface area contributed by atoms with Crippen LogP contribution in [0, 0.1) is 0 Å². The molecule has 0 saturated carbocycles. The lowest BCUT2D eigenvalue weighted by Crippen LogP contribution is -2.32. The van der Waals surface area contributed by atoms with Crippen molar-refractivity contribution >= 4 is 33.2 Å². The first-order valence-corrected chi connectivity index (χ1v) is 12.1. The van der Waals surface area contributed by atoms with Crippen LogP contribution in [0.2, 0.25) is 5.02 Å². The SMILES string of the molecule is CC[C@@H](Oc1cccc(Cl)c1)C(=O)Nc1ccc(S(=O)(=O)N2CCCCCC2)cc1. The third kappa shape index (κ3) is 5.74.